The molecule has 4 N–H and O–H groups in total. The lowest BCUT2D eigenvalue weighted by Crippen LogP contribution is -2.40. The fourth-order valence-corrected chi connectivity index (χ4v) is 1.07. The third kappa shape index (κ3) is 4.09. The average Bonchev–Trinajstić information content (AvgIpc) is 2.75. The van der Waals surface area contributed by atoms with Crippen LogP contribution in [0.3, 0.4) is 0 Å². The van der Waals surface area contributed by atoms with Crippen molar-refractivity contribution in [3.05, 3.63) is 18.0 Å². The van der Waals surface area contributed by atoms with Gasteiger partial charge >= 0.3 is 0 Å². The number of carbonyl (C=O) groups excluding carboxylic acids is 1. The van der Waals surface area contributed by atoms with Gasteiger partial charge in [0, 0.05) is 19.9 Å². The number of nitrogens with zero attached hydrogens (tertiary/aromatic N) is 1. The summed E-state index contributed by atoms with van der Waals surface area (Å²) in [7, 11) is 1.58. The van der Waals surface area contributed by atoms with Crippen molar-refractivity contribution >= 4 is 5.91 Å². The molecule has 0 saturated heterocycles. The van der Waals surface area contributed by atoms with Gasteiger partial charge in [-0.05, 0) is 12.5 Å². The first-order valence-electron chi connectivity index (χ1n) is 4.74. The highest BCUT2D eigenvalue weighted by Gasteiger charge is 2.12. The Morgan fingerprint density at radius 3 is 3.20 bits per heavy atom. The molecular weight excluding hydrogens is 196 g/mol. The zero-order chi connectivity index (χ0) is 11.1. The molecule has 15 heavy (non-hydrogen) atoms. The molecule has 0 aliphatic rings. The van der Waals surface area contributed by atoms with Crippen LogP contribution in [0.15, 0.2) is 12.3 Å². The van der Waals surface area contributed by atoms with E-state index < -0.39 is 6.04 Å². The number of carbonyl (C=O) groups is 1. The number of nitrogens with two attached hydrogens (primary N) is 1. The van der Waals surface area contributed by atoms with E-state index in [-0.39, 0.29) is 5.91 Å². The Kier molecular flexibility index (Phi) is 4.79. The minimum absolute atomic E-state index is 0.179. The highest BCUT2D eigenvalue weighted by molar-refractivity contribution is 5.81. The molecule has 0 saturated carbocycles. The number of hydrogen-bond acceptors (Lipinski definition) is 4. The third-order valence-corrected chi connectivity index (χ3v) is 1.98. The quantitative estimate of drug-likeness (QED) is 0.586. The summed E-state index contributed by atoms with van der Waals surface area (Å²) in [5.41, 5.74) is 6.47. The summed E-state index contributed by atoms with van der Waals surface area (Å²) in [6.07, 6.45) is 2.15. The number of nitrogens with one attached hydrogen (secondary N) is 2. The van der Waals surface area contributed by atoms with Crippen LogP contribution < -0.4 is 11.1 Å². The van der Waals surface area contributed by atoms with Gasteiger partial charge in [-0.3, -0.25) is 9.89 Å². The molecule has 6 nitrogen and oxygen atoms in total. The molecule has 0 fully saturated rings. The first-order chi connectivity index (χ1) is 7.24. The van der Waals surface area contributed by atoms with Gasteiger partial charge in [0.25, 0.3) is 0 Å². The minimum Gasteiger partial charge on any atom is -0.385 e. The molecule has 1 rings (SSSR count). The maximum Gasteiger partial charge on any atom is 0.237 e. The summed E-state index contributed by atoms with van der Waals surface area (Å²) >= 11 is 0. The summed E-state index contributed by atoms with van der Waals surface area (Å²) in [5, 5.41) is 9.21. The molecule has 1 amide bonds. The fourth-order valence-electron chi connectivity index (χ4n) is 1.07. The maximum atomic E-state index is 11.4. The molecule has 0 aliphatic carbocycles. The van der Waals surface area contributed by atoms with Crippen molar-refractivity contribution in [2.24, 2.45) is 5.73 Å². The number of aromatic amines is 1. The Labute approximate surface area is 88.2 Å². The van der Waals surface area contributed by atoms with Crippen LogP contribution in [0.5, 0.6) is 0 Å². The molecule has 84 valence electrons. The molecule has 0 aromatic carbocycles. The van der Waals surface area contributed by atoms with Gasteiger partial charge in [-0.15, -0.1) is 0 Å². The highest BCUT2D eigenvalue weighted by atomic mass is 16.5. The molecular formula is C9H16N4O2. The molecule has 1 heterocycles. The number of methoxy groups -OCH3 is 1. The van der Waals surface area contributed by atoms with E-state index in [1.807, 2.05) is 0 Å². The van der Waals surface area contributed by atoms with Gasteiger partial charge in [0.15, 0.2) is 0 Å². The monoisotopic (exact) mass is 212 g/mol. The Hall–Kier alpha value is -1.40. The molecule has 6 heteroatoms. The lowest BCUT2D eigenvalue weighted by atomic mass is 10.2. The molecule has 1 unspecified atom stereocenters. The van der Waals surface area contributed by atoms with Crippen LogP contribution in [0.4, 0.5) is 0 Å². The second-order valence-electron chi connectivity index (χ2n) is 3.19. The number of hydrogen-bond donors (Lipinski definition) is 3. The molecule has 1 atom stereocenters. The second kappa shape index (κ2) is 6.15. The van der Waals surface area contributed by atoms with Crippen LogP contribution in [0.1, 0.15) is 12.1 Å². The number of amides is 1. The van der Waals surface area contributed by atoms with E-state index in [0.717, 1.165) is 5.69 Å². The fraction of sp³-hybridized carbons (Fsp3) is 0.556. The average molecular weight is 212 g/mol. The zero-order valence-corrected chi connectivity index (χ0v) is 8.69. The lowest BCUT2D eigenvalue weighted by Gasteiger charge is -2.10. The van der Waals surface area contributed by atoms with Crippen LogP contribution in [0.2, 0.25) is 0 Å². The van der Waals surface area contributed by atoms with E-state index in [4.69, 9.17) is 10.5 Å². The highest BCUT2D eigenvalue weighted by Crippen LogP contribution is 1.93. The first kappa shape index (κ1) is 11.7. The van der Waals surface area contributed by atoms with E-state index in [1.165, 1.54) is 0 Å². The van der Waals surface area contributed by atoms with E-state index in [2.05, 4.69) is 15.5 Å². The van der Waals surface area contributed by atoms with Crippen LogP contribution in [-0.4, -0.2) is 35.9 Å². The standard InChI is InChI=1S/C9H16N4O2/c1-15-5-3-8(10)9(14)11-6-7-2-4-12-13-7/h2,4,8H,3,5-6,10H2,1H3,(H,11,14)(H,12,13). The second-order valence-corrected chi connectivity index (χ2v) is 3.19. The van der Waals surface area contributed by atoms with Crippen molar-refractivity contribution in [1.29, 1.82) is 0 Å². The largest absolute Gasteiger partial charge is 0.385 e. The van der Waals surface area contributed by atoms with Crippen molar-refractivity contribution in [2.45, 2.75) is 19.0 Å². The summed E-state index contributed by atoms with van der Waals surface area (Å²) in [4.78, 5) is 11.4. The molecule has 0 radical (unpaired) electrons. The van der Waals surface area contributed by atoms with Crippen LogP contribution >= 0.6 is 0 Å². The molecule has 0 spiro atoms. The number of H-pyrrole nitrogens is 1. The van der Waals surface area contributed by atoms with Crippen LogP contribution in [0.25, 0.3) is 0 Å². The van der Waals surface area contributed by atoms with Crippen molar-refractivity contribution in [3.63, 3.8) is 0 Å². The smallest absolute Gasteiger partial charge is 0.237 e. The van der Waals surface area contributed by atoms with Crippen molar-refractivity contribution in [1.82, 2.24) is 15.5 Å². The lowest BCUT2D eigenvalue weighted by molar-refractivity contribution is -0.122. The van der Waals surface area contributed by atoms with Crippen molar-refractivity contribution in [3.8, 4) is 0 Å². The van der Waals surface area contributed by atoms with Gasteiger partial charge in [0.1, 0.15) is 0 Å². The predicted molar refractivity (Wildman–Crippen MR) is 54.9 cm³/mol. The van der Waals surface area contributed by atoms with E-state index >= 15 is 0 Å². The minimum atomic E-state index is -0.520. The van der Waals surface area contributed by atoms with Gasteiger partial charge in [0.05, 0.1) is 18.3 Å². The summed E-state index contributed by atoms with van der Waals surface area (Å²) in [5.74, 6) is -0.179. The SMILES string of the molecule is COCCC(N)C(=O)NCc1ccn[nH]1. The molecule has 0 aliphatic heterocycles. The van der Waals surface area contributed by atoms with Crippen molar-refractivity contribution in [2.75, 3.05) is 13.7 Å². The van der Waals surface area contributed by atoms with Crippen molar-refractivity contribution < 1.29 is 9.53 Å². The third-order valence-electron chi connectivity index (χ3n) is 1.98. The molecule has 0 bridgehead atoms. The van der Waals surface area contributed by atoms with Gasteiger partial charge < -0.3 is 15.8 Å². The normalized spacial score (nSPS) is 12.4. The van der Waals surface area contributed by atoms with Crippen LogP contribution in [-0.2, 0) is 16.1 Å². The predicted octanol–water partition coefficient (Wildman–Crippen LogP) is -0.610. The summed E-state index contributed by atoms with van der Waals surface area (Å²) in [6, 6.07) is 1.27. The van der Waals surface area contributed by atoms with Gasteiger partial charge in [-0.2, -0.15) is 5.10 Å². The number of aromatic nitrogens is 2. The zero-order valence-electron chi connectivity index (χ0n) is 8.69. The molecule has 1 aromatic rings. The van der Waals surface area contributed by atoms with E-state index in [0.29, 0.717) is 19.6 Å². The maximum absolute atomic E-state index is 11.4. The summed E-state index contributed by atoms with van der Waals surface area (Å²) < 4.78 is 4.84. The van der Waals surface area contributed by atoms with E-state index in [9.17, 15) is 4.79 Å². The number of ether oxygens (including phenoxy) is 1. The van der Waals surface area contributed by atoms with Gasteiger partial charge in [-0.25, -0.2) is 0 Å². The Bertz CT molecular complexity index is 286. The Morgan fingerprint density at radius 1 is 1.80 bits per heavy atom. The first-order valence-corrected chi connectivity index (χ1v) is 4.74. The Morgan fingerprint density at radius 2 is 2.60 bits per heavy atom. The summed E-state index contributed by atoms with van der Waals surface area (Å²) in [6.45, 7) is 0.901. The van der Waals surface area contributed by atoms with Crippen LogP contribution in [0, 0.1) is 0 Å². The van der Waals surface area contributed by atoms with E-state index in [1.54, 1.807) is 19.4 Å². The topological polar surface area (TPSA) is 93.0 Å². The Balaban J connectivity index is 2.23. The van der Waals surface area contributed by atoms with Gasteiger partial charge in [0.2, 0.25) is 5.91 Å². The number of rotatable bonds is 6. The molecule has 1 aromatic heterocycles. The van der Waals surface area contributed by atoms with Gasteiger partial charge in [-0.1, -0.05) is 0 Å².